The van der Waals surface area contributed by atoms with Crippen molar-refractivity contribution < 1.29 is 4.74 Å². The summed E-state index contributed by atoms with van der Waals surface area (Å²) < 4.78 is 5.19. The number of ether oxygens (including phenoxy) is 1. The van der Waals surface area contributed by atoms with Crippen LogP contribution in [-0.2, 0) is 6.54 Å². The summed E-state index contributed by atoms with van der Waals surface area (Å²) in [4.78, 5) is 4.17. The zero-order valence-electron chi connectivity index (χ0n) is 9.42. The normalized spacial score (nSPS) is 17.5. The molecule has 1 aliphatic rings. The molecule has 0 unspecified atom stereocenters. The molecule has 1 aromatic heterocycles. The fraction of sp³-hybridized carbons (Fsp3) is 0.583. The van der Waals surface area contributed by atoms with Crippen molar-refractivity contribution in [3.63, 3.8) is 0 Å². The number of nitrogens with one attached hydrogen (secondary N) is 1. The third kappa shape index (κ3) is 2.69. The van der Waals surface area contributed by atoms with Crippen LogP contribution in [0.4, 0.5) is 0 Å². The van der Waals surface area contributed by atoms with Crippen LogP contribution < -0.4 is 10.1 Å². The molecule has 0 aromatic carbocycles. The summed E-state index contributed by atoms with van der Waals surface area (Å²) in [5.74, 6) is 0.728. The standard InChI is InChI=1S/C12H18N2O/c1-12(5-6-12)9-13-8-10-4-3-7-14-11(10)15-2/h3-4,7,13H,5-6,8-9H2,1-2H3. The summed E-state index contributed by atoms with van der Waals surface area (Å²) >= 11 is 0. The van der Waals surface area contributed by atoms with Gasteiger partial charge in [-0.1, -0.05) is 13.0 Å². The molecule has 0 bridgehead atoms. The Labute approximate surface area is 90.9 Å². The van der Waals surface area contributed by atoms with Crippen LogP contribution in [0.2, 0.25) is 0 Å². The minimum absolute atomic E-state index is 0.551. The molecule has 1 saturated carbocycles. The molecule has 0 atom stereocenters. The highest BCUT2D eigenvalue weighted by Crippen LogP contribution is 2.44. The average Bonchev–Trinajstić information content (AvgIpc) is 2.97. The van der Waals surface area contributed by atoms with Gasteiger partial charge in [0.25, 0.3) is 0 Å². The second kappa shape index (κ2) is 4.19. The van der Waals surface area contributed by atoms with Crippen LogP contribution in [0.25, 0.3) is 0 Å². The number of hydrogen-bond donors (Lipinski definition) is 1. The number of pyridine rings is 1. The third-order valence-corrected chi connectivity index (χ3v) is 3.01. The number of hydrogen-bond acceptors (Lipinski definition) is 3. The fourth-order valence-corrected chi connectivity index (χ4v) is 1.63. The van der Waals surface area contributed by atoms with Crippen molar-refractivity contribution in [2.75, 3.05) is 13.7 Å². The maximum Gasteiger partial charge on any atom is 0.217 e. The lowest BCUT2D eigenvalue weighted by Gasteiger charge is -2.11. The first-order valence-electron chi connectivity index (χ1n) is 5.42. The lowest BCUT2D eigenvalue weighted by molar-refractivity contribution is 0.388. The maximum absolute atomic E-state index is 5.19. The summed E-state index contributed by atoms with van der Waals surface area (Å²) in [6.07, 6.45) is 4.46. The Hall–Kier alpha value is -1.09. The van der Waals surface area contributed by atoms with Crippen LogP contribution in [0, 0.1) is 5.41 Å². The van der Waals surface area contributed by atoms with Gasteiger partial charge < -0.3 is 10.1 Å². The van der Waals surface area contributed by atoms with Gasteiger partial charge in [0.15, 0.2) is 0 Å². The first kappa shape index (κ1) is 10.4. The van der Waals surface area contributed by atoms with E-state index in [9.17, 15) is 0 Å². The van der Waals surface area contributed by atoms with Crippen molar-refractivity contribution in [1.29, 1.82) is 0 Å². The van der Waals surface area contributed by atoms with Crippen LogP contribution in [0.15, 0.2) is 18.3 Å². The van der Waals surface area contributed by atoms with E-state index in [1.807, 2.05) is 12.1 Å². The van der Waals surface area contributed by atoms with Gasteiger partial charge in [0.1, 0.15) is 0 Å². The molecule has 0 spiro atoms. The van der Waals surface area contributed by atoms with Crippen LogP contribution in [-0.4, -0.2) is 18.6 Å². The maximum atomic E-state index is 5.19. The van der Waals surface area contributed by atoms with Gasteiger partial charge in [0, 0.05) is 24.8 Å². The zero-order chi connectivity index (χ0) is 10.7. The van der Waals surface area contributed by atoms with E-state index < -0.39 is 0 Å². The van der Waals surface area contributed by atoms with Crippen molar-refractivity contribution in [2.24, 2.45) is 5.41 Å². The molecule has 0 radical (unpaired) electrons. The monoisotopic (exact) mass is 206 g/mol. The molecular weight excluding hydrogens is 188 g/mol. The number of aromatic nitrogens is 1. The molecule has 0 saturated heterocycles. The Morgan fingerprint density at radius 2 is 2.33 bits per heavy atom. The van der Waals surface area contributed by atoms with E-state index in [1.54, 1.807) is 13.3 Å². The van der Waals surface area contributed by atoms with Gasteiger partial charge in [-0.05, 0) is 24.3 Å². The van der Waals surface area contributed by atoms with E-state index in [1.165, 1.54) is 12.8 Å². The van der Waals surface area contributed by atoms with E-state index in [2.05, 4.69) is 17.2 Å². The van der Waals surface area contributed by atoms with Crippen molar-refractivity contribution in [3.05, 3.63) is 23.9 Å². The van der Waals surface area contributed by atoms with Gasteiger partial charge >= 0.3 is 0 Å². The van der Waals surface area contributed by atoms with E-state index in [0.717, 1.165) is 24.5 Å². The average molecular weight is 206 g/mol. The number of rotatable bonds is 5. The molecule has 15 heavy (non-hydrogen) atoms. The minimum atomic E-state index is 0.551. The number of methoxy groups -OCH3 is 1. The highest BCUT2D eigenvalue weighted by Gasteiger charge is 2.36. The third-order valence-electron chi connectivity index (χ3n) is 3.01. The van der Waals surface area contributed by atoms with E-state index in [0.29, 0.717) is 5.41 Å². The van der Waals surface area contributed by atoms with Gasteiger partial charge in [-0.3, -0.25) is 0 Å². The molecular formula is C12H18N2O. The molecule has 3 nitrogen and oxygen atoms in total. The van der Waals surface area contributed by atoms with Crippen LogP contribution in [0.3, 0.4) is 0 Å². The summed E-state index contributed by atoms with van der Waals surface area (Å²) in [6, 6.07) is 3.99. The van der Waals surface area contributed by atoms with Gasteiger partial charge in [-0.2, -0.15) is 0 Å². The summed E-state index contributed by atoms with van der Waals surface area (Å²) in [6.45, 7) is 4.25. The fourth-order valence-electron chi connectivity index (χ4n) is 1.63. The molecule has 3 heteroatoms. The Morgan fingerprint density at radius 3 is 3.00 bits per heavy atom. The molecule has 2 rings (SSSR count). The van der Waals surface area contributed by atoms with Crippen molar-refractivity contribution in [2.45, 2.75) is 26.3 Å². The molecule has 1 heterocycles. The summed E-state index contributed by atoms with van der Waals surface area (Å²) in [5, 5.41) is 3.46. The second-order valence-corrected chi connectivity index (χ2v) is 4.59. The largest absolute Gasteiger partial charge is 0.481 e. The Kier molecular flexibility index (Phi) is 2.91. The van der Waals surface area contributed by atoms with Crippen molar-refractivity contribution in [3.8, 4) is 5.88 Å². The Bertz CT molecular complexity index is 334. The second-order valence-electron chi connectivity index (χ2n) is 4.59. The molecule has 82 valence electrons. The molecule has 1 aliphatic carbocycles. The van der Waals surface area contributed by atoms with Gasteiger partial charge in [0.2, 0.25) is 5.88 Å². The van der Waals surface area contributed by atoms with Gasteiger partial charge in [-0.15, -0.1) is 0 Å². The number of nitrogens with zero attached hydrogens (tertiary/aromatic N) is 1. The molecule has 1 aromatic rings. The molecule has 0 aliphatic heterocycles. The van der Waals surface area contributed by atoms with Crippen molar-refractivity contribution in [1.82, 2.24) is 10.3 Å². The van der Waals surface area contributed by atoms with Gasteiger partial charge in [0.05, 0.1) is 7.11 Å². The zero-order valence-corrected chi connectivity index (χ0v) is 9.42. The minimum Gasteiger partial charge on any atom is -0.481 e. The van der Waals surface area contributed by atoms with Crippen LogP contribution in [0.5, 0.6) is 5.88 Å². The lowest BCUT2D eigenvalue weighted by atomic mass is 10.1. The van der Waals surface area contributed by atoms with Crippen LogP contribution in [0.1, 0.15) is 25.3 Å². The Balaban J connectivity index is 1.86. The molecule has 1 N–H and O–H groups in total. The van der Waals surface area contributed by atoms with Crippen LogP contribution >= 0.6 is 0 Å². The first-order chi connectivity index (χ1) is 7.23. The topological polar surface area (TPSA) is 34.1 Å². The Morgan fingerprint density at radius 1 is 1.53 bits per heavy atom. The SMILES string of the molecule is COc1ncccc1CNCC1(C)CC1. The lowest BCUT2D eigenvalue weighted by Crippen LogP contribution is -2.21. The highest BCUT2D eigenvalue weighted by atomic mass is 16.5. The highest BCUT2D eigenvalue weighted by molar-refractivity contribution is 5.25. The predicted octanol–water partition coefficient (Wildman–Crippen LogP) is 1.98. The van der Waals surface area contributed by atoms with E-state index in [4.69, 9.17) is 4.74 Å². The van der Waals surface area contributed by atoms with E-state index in [-0.39, 0.29) is 0 Å². The van der Waals surface area contributed by atoms with Crippen molar-refractivity contribution >= 4 is 0 Å². The van der Waals surface area contributed by atoms with Gasteiger partial charge in [-0.25, -0.2) is 4.98 Å². The predicted molar refractivity (Wildman–Crippen MR) is 59.8 cm³/mol. The smallest absolute Gasteiger partial charge is 0.217 e. The summed E-state index contributed by atoms with van der Waals surface area (Å²) in [7, 11) is 1.66. The summed E-state index contributed by atoms with van der Waals surface area (Å²) in [5.41, 5.74) is 1.68. The quantitative estimate of drug-likeness (QED) is 0.800. The van der Waals surface area contributed by atoms with E-state index >= 15 is 0 Å². The molecule has 1 fully saturated rings. The first-order valence-corrected chi connectivity index (χ1v) is 5.42. The molecule has 0 amide bonds.